The van der Waals surface area contributed by atoms with Crippen LogP contribution in [0.5, 0.6) is 0 Å². The Hall–Kier alpha value is -1.20. The van der Waals surface area contributed by atoms with E-state index in [2.05, 4.69) is 4.98 Å². The van der Waals surface area contributed by atoms with Crippen LogP contribution in [0.4, 0.5) is 0 Å². The average Bonchev–Trinajstić information content (AvgIpc) is 2.56. The molecule has 1 aromatic heterocycles. The predicted octanol–water partition coefficient (Wildman–Crippen LogP) is 1.05. The van der Waals surface area contributed by atoms with Crippen LogP contribution < -0.4 is 5.73 Å². The number of amides is 1. The number of rotatable bonds is 4. The van der Waals surface area contributed by atoms with Gasteiger partial charge < -0.3 is 10.6 Å². The van der Waals surface area contributed by atoms with Crippen molar-refractivity contribution in [3.8, 4) is 0 Å². The van der Waals surface area contributed by atoms with E-state index in [0.29, 0.717) is 6.54 Å². The standard InChI is InChI=1S/C11H17N3OS/c1-8-9(4-5-11(15)14(2)3)16-10(13-8)6-7-12/h4-5H,6-7,12H2,1-3H3. The molecule has 0 radical (unpaired) electrons. The Bertz CT molecular complexity index is 396. The molecular formula is C11H17N3OS. The molecule has 1 aromatic rings. The summed E-state index contributed by atoms with van der Waals surface area (Å²) in [5.74, 6) is -0.0202. The number of thiazole rings is 1. The molecule has 0 fully saturated rings. The predicted molar refractivity (Wildman–Crippen MR) is 67.3 cm³/mol. The normalized spacial score (nSPS) is 11.0. The van der Waals surface area contributed by atoms with Gasteiger partial charge in [0.25, 0.3) is 0 Å². The molecule has 0 atom stereocenters. The van der Waals surface area contributed by atoms with Crippen LogP contribution in [0.3, 0.4) is 0 Å². The van der Waals surface area contributed by atoms with E-state index < -0.39 is 0 Å². The van der Waals surface area contributed by atoms with E-state index in [1.54, 1.807) is 31.5 Å². The summed E-state index contributed by atoms with van der Waals surface area (Å²) in [4.78, 5) is 18.3. The first-order valence-corrected chi connectivity index (χ1v) is 5.92. The van der Waals surface area contributed by atoms with Gasteiger partial charge in [-0.05, 0) is 19.5 Å². The van der Waals surface area contributed by atoms with Crippen LogP contribution in [0.2, 0.25) is 0 Å². The van der Waals surface area contributed by atoms with E-state index in [9.17, 15) is 4.79 Å². The maximum atomic E-state index is 11.4. The lowest BCUT2D eigenvalue weighted by atomic mass is 10.3. The van der Waals surface area contributed by atoms with E-state index in [-0.39, 0.29) is 5.91 Å². The number of likely N-dealkylation sites (N-methyl/N-ethyl adjacent to an activating group) is 1. The van der Waals surface area contributed by atoms with Crippen molar-refractivity contribution < 1.29 is 4.79 Å². The fourth-order valence-corrected chi connectivity index (χ4v) is 2.13. The van der Waals surface area contributed by atoms with E-state index in [1.807, 2.05) is 13.0 Å². The minimum Gasteiger partial charge on any atom is -0.345 e. The molecule has 2 N–H and O–H groups in total. The maximum Gasteiger partial charge on any atom is 0.246 e. The average molecular weight is 239 g/mol. The number of nitrogens with zero attached hydrogens (tertiary/aromatic N) is 2. The topological polar surface area (TPSA) is 59.2 Å². The van der Waals surface area contributed by atoms with Crippen molar-refractivity contribution in [1.29, 1.82) is 0 Å². The first-order chi connectivity index (χ1) is 7.54. The van der Waals surface area contributed by atoms with Gasteiger partial charge in [-0.1, -0.05) is 0 Å². The van der Waals surface area contributed by atoms with Gasteiger partial charge >= 0.3 is 0 Å². The molecule has 1 amide bonds. The summed E-state index contributed by atoms with van der Waals surface area (Å²) in [5, 5.41) is 1.02. The summed E-state index contributed by atoms with van der Waals surface area (Å²) in [7, 11) is 3.46. The van der Waals surface area contributed by atoms with Gasteiger partial charge in [0.2, 0.25) is 5.91 Å². The van der Waals surface area contributed by atoms with Crippen molar-refractivity contribution in [1.82, 2.24) is 9.88 Å². The molecule has 5 heteroatoms. The van der Waals surface area contributed by atoms with Crippen LogP contribution in [0.15, 0.2) is 6.08 Å². The molecule has 0 unspecified atom stereocenters. The minimum absolute atomic E-state index is 0.0202. The highest BCUT2D eigenvalue weighted by Crippen LogP contribution is 2.19. The summed E-state index contributed by atoms with van der Waals surface area (Å²) in [6.45, 7) is 2.54. The molecule has 0 spiro atoms. The van der Waals surface area contributed by atoms with Crippen molar-refractivity contribution in [2.75, 3.05) is 20.6 Å². The number of carbonyl (C=O) groups excluding carboxylic acids is 1. The van der Waals surface area contributed by atoms with Gasteiger partial charge in [-0.15, -0.1) is 11.3 Å². The number of aryl methyl sites for hydroxylation is 1. The van der Waals surface area contributed by atoms with Crippen molar-refractivity contribution >= 4 is 23.3 Å². The number of nitrogens with two attached hydrogens (primary N) is 1. The first kappa shape index (κ1) is 12.9. The zero-order valence-corrected chi connectivity index (χ0v) is 10.7. The smallest absolute Gasteiger partial charge is 0.246 e. The lowest BCUT2D eigenvalue weighted by molar-refractivity contribution is -0.123. The Morgan fingerprint density at radius 2 is 2.25 bits per heavy atom. The van der Waals surface area contributed by atoms with Crippen LogP contribution in [0.25, 0.3) is 6.08 Å². The summed E-state index contributed by atoms with van der Waals surface area (Å²) in [6.07, 6.45) is 4.17. The quantitative estimate of drug-likeness (QED) is 0.799. The van der Waals surface area contributed by atoms with E-state index in [1.165, 1.54) is 4.90 Å². The Morgan fingerprint density at radius 1 is 1.56 bits per heavy atom. The second kappa shape index (κ2) is 5.77. The Kier molecular flexibility index (Phi) is 4.64. The monoisotopic (exact) mass is 239 g/mol. The first-order valence-electron chi connectivity index (χ1n) is 5.10. The van der Waals surface area contributed by atoms with Gasteiger partial charge in [-0.25, -0.2) is 4.98 Å². The summed E-state index contributed by atoms with van der Waals surface area (Å²) < 4.78 is 0. The van der Waals surface area contributed by atoms with Crippen LogP contribution in [0.1, 0.15) is 15.6 Å². The SMILES string of the molecule is Cc1nc(CCN)sc1C=CC(=O)N(C)C. The maximum absolute atomic E-state index is 11.4. The molecule has 1 rings (SSSR count). The summed E-state index contributed by atoms with van der Waals surface area (Å²) in [5.41, 5.74) is 6.42. The number of aromatic nitrogens is 1. The molecule has 0 aliphatic rings. The summed E-state index contributed by atoms with van der Waals surface area (Å²) in [6, 6.07) is 0. The summed E-state index contributed by atoms with van der Waals surface area (Å²) >= 11 is 1.59. The van der Waals surface area contributed by atoms with Gasteiger partial charge in [0, 0.05) is 26.6 Å². The number of carbonyl (C=O) groups is 1. The van der Waals surface area contributed by atoms with Crippen molar-refractivity contribution in [3.05, 3.63) is 21.7 Å². The Balaban J connectivity index is 2.77. The van der Waals surface area contributed by atoms with Crippen LogP contribution in [-0.2, 0) is 11.2 Å². The molecule has 0 aromatic carbocycles. The van der Waals surface area contributed by atoms with E-state index in [0.717, 1.165) is 22.0 Å². The fourth-order valence-electron chi connectivity index (χ4n) is 1.15. The molecule has 0 saturated heterocycles. The number of hydrogen-bond acceptors (Lipinski definition) is 4. The third-order valence-electron chi connectivity index (χ3n) is 2.05. The zero-order chi connectivity index (χ0) is 12.1. The van der Waals surface area contributed by atoms with Crippen LogP contribution in [-0.4, -0.2) is 36.4 Å². The van der Waals surface area contributed by atoms with Crippen molar-refractivity contribution in [2.24, 2.45) is 5.73 Å². The van der Waals surface area contributed by atoms with Gasteiger partial charge in [0.1, 0.15) is 0 Å². The molecule has 0 aliphatic carbocycles. The highest BCUT2D eigenvalue weighted by atomic mass is 32.1. The van der Waals surface area contributed by atoms with Crippen LogP contribution in [0, 0.1) is 6.92 Å². The van der Waals surface area contributed by atoms with Crippen molar-refractivity contribution in [2.45, 2.75) is 13.3 Å². The largest absolute Gasteiger partial charge is 0.345 e. The highest BCUT2D eigenvalue weighted by Gasteiger charge is 2.05. The Labute approximate surface area is 99.8 Å². The van der Waals surface area contributed by atoms with Gasteiger partial charge in [-0.3, -0.25) is 4.79 Å². The minimum atomic E-state index is -0.0202. The van der Waals surface area contributed by atoms with Gasteiger partial charge in [-0.2, -0.15) is 0 Å². The molecular weight excluding hydrogens is 222 g/mol. The highest BCUT2D eigenvalue weighted by molar-refractivity contribution is 7.12. The second-order valence-electron chi connectivity index (χ2n) is 3.66. The van der Waals surface area contributed by atoms with Crippen LogP contribution >= 0.6 is 11.3 Å². The van der Waals surface area contributed by atoms with Gasteiger partial charge in [0.05, 0.1) is 15.6 Å². The molecule has 0 saturated carbocycles. The third kappa shape index (κ3) is 3.43. The van der Waals surface area contributed by atoms with E-state index >= 15 is 0 Å². The lowest BCUT2D eigenvalue weighted by Crippen LogP contribution is -2.18. The zero-order valence-electron chi connectivity index (χ0n) is 9.86. The third-order valence-corrected chi connectivity index (χ3v) is 3.24. The molecule has 16 heavy (non-hydrogen) atoms. The second-order valence-corrected chi connectivity index (χ2v) is 4.78. The molecule has 0 bridgehead atoms. The van der Waals surface area contributed by atoms with Crippen molar-refractivity contribution in [3.63, 3.8) is 0 Å². The van der Waals surface area contributed by atoms with Gasteiger partial charge in [0.15, 0.2) is 0 Å². The molecule has 0 aliphatic heterocycles. The Morgan fingerprint density at radius 3 is 2.81 bits per heavy atom. The lowest BCUT2D eigenvalue weighted by Gasteiger charge is -2.04. The number of hydrogen-bond donors (Lipinski definition) is 1. The fraction of sp³-hybridized carbons (Fsp3) is 0.455. The van der Waals surface area contributed by atoms with E-state index in [4.69, 9.17) is 5.73 Å². The molecule has 4 nitrogen and oxygen atoms in total. The molecule has 88 valence electrons. The molecule has 1 heterocycles.